The van der Waals surface area contributed by atoms with Crippen molar-refractivity contribution in [3.63, 3.8) is 0 Å². The number of nitrogens with one attached hydrogen (secondary N) is 1. The van der Waals surface area contributed by atoms with Crippen molar-refractivity contribution in [1.29, 1.82) is 0 Å². The fraction of sp³-hybridized carbons (Fsp3) is 1.00. The first kappa shape index (κ1) is 16.0. The van der Waals surface area contributed by atoms with Crippen molar-refractivity contribution in [3.05, 3.63) is 0 Å². The third kappa shape index (κ3) is 5.71. The van der Waals surface area contributed by atoms with Crippen LogP contribution in [0.4, 0.5) is 0 Å². The van der Waals surface area contributed by atoms with Gasteiger partial charge in [-0.15, -0.1) is 0 Å². The average molecular weight is 254 g/mol. The Hall–Kier alpha value is -0.0800. The molecular weight excluding hydrogens is 220 g/mol. The van der Waals surface area contributed by atoms with E-state index in [0.717, 1.165) is 17.8 Å². The SMILES string of the molecule is CCC(C)CN1CCC([C@@H](C)CNC(C)C)CC1. The zero-order valence-electron chi connectivity index (χ0n) is 13.2. The van der Waals surface area contributed by atoms with Crippen LogP contribution in [0.5, 0.6) is 0 Å². The van der Waals surface area contributed by atoms with Crippen LogP contribution in [0.15, 0.2) is 0 Å². The zero-order chi connectivity index (χ0) is 13.5. The van der Waals surface area contributed by atoms with E-state index in [1.165, 1.54) is 45.4 Å². The van der Waals surface area contributed by atoms with Crippen LogP contribution in [0.25, 0.3) is 0 Å². The van der Waals surface area contributed by atoms with Gasteiger partial charge in [0, 0.05) is 12.6 Å². The van der Waals surface area contributed by atoms with E-state index in [2.05, 4.69) is 44.8 Å². The predicted molar refractivity (Wildman–Crippen MR) is 80.9 cm³/mol. The molecule has 1 aliphatic rings. The number of piperidine rings is 1. The highest BCUT2D eigenvalue weighted by Crippen LogP contribution is 2.25. The smallest absolute Gasteiger partial charge is 0.00104 e. The van der Waals surface area contributed by atoms with Crippen LogP contribution >= 0.6 is 0 Å². The first-order chi connectivity index (χ1) is 8.52. The molecule has 1 saturated heterocycles. The predicted octanol–water partition coefficient (Wildman–Crippen LogP) is 3.38. The van der Waals surface area contributed by atoms with Gasteiger partial charge in [0.05, 0.1) is 0 Å². The van der Waals surface area contributed by atoms with Gasteiger partial charge in [-0.2, -0.15) is 0 Å². The number of likely N-dealkylation sites (tertiary alicyclic amines) is 1. The monoisotopic (exact) mass is 254 g/mol. The van der Waals surface area contributed by atoms with Crippen LogP contribution in [-0.4, -0.2) is 37.1 Å². The van der Waals surface area contributed by atoms with E-state index in [1.807, 2.05) is 0 Å². The third-order valence-electron chi connectivity index (χ3n) is 4.55. The van der Waals surface area contributed by atoms with E-state index in [-0.39, 0.29) is 0 Å². The highest BCUT2D eigenvalue weighted by atomic mass is 15.1. The Balaban J connectivity index is 2.21. The van der Waals surface area contributed by atoms with Crippen molar-refractivity contribution in [2.75, 3.05) is 26.2 Å². The number of hydrogen-bond donors (Lipinski definition) is 1. The molecule has 0 bridgehead atoms. The van der Waals surface area contributed by atoms with Gasteiger partial charge in [-0.3, -0.25) is 0 Å². The van der Waals surface area contributed by atoms with Gasteiger partial charge in [0.15, 0.2) is 0 Å². The number of nitrogens with zero attached hydrogens (tertiary/aromatic N) is 1. The lowest BCUT2D eigenvalue weighted by Crippen LogP contribution is -2.40. The molecule has 0 radical (unpaired) electrons. The first-order valence-corrected chi connectivity index (χ1v) is 7.98. The molecule has 0 aromatic rings. The minimum absolute atomic E-state index is 0.623. The van der Waals surface area contributed by atoms with Crippen molar-refractivity contribution in [1.82, 2.24) is 10.2 Å². The van der Waals surface area contributed by atoms with Crippen LogP contribution in [0.2, 0.25) is 0 Å². The lowest BCUT2D eigenvalue weighted by Gasteiger charge is -2.36. The minimum Gasteiger partial charge on any atom is -0.314 e. The van der Waals surface area contributed by atoms with Gasteiger partial charge in [0.25, 0.3) is 0 Å². The summed E-state index contributed by atoms with van der Waals surface area (Å²) >= 11 is 0. The molecule has 1 aliphatic heterocycles. The molecule has 0 aromatic heterocycles. The maximum Gasteiger partial charge on any atom is 0.00104 e. The molecule has 1 rings (SSSR count). The quantitative estimate of drug-likeness (QED) is 0.749. The maximum atomic E-state index is 3.58. The molecule has 2 heteroatoms. The minimum atomic E-state index is 0.623. The summed E-state index contributed by atoms with van der Waals surface area (Å²) < 4.78 is 0. The largest absolute Gasteiger partial charge is 0.314 e. The van der Waals surface area contributed by atoms with E-state index >= 15 is 0 Å². The summed E-state index contributed by atoms with van der Waals surface area (Å²) in [5.41, 5.74) is 0. The second-order valence-corrected chi connectivity index (χ2v) is 6.69. The van der Waals surface area contributed by atoms with Crippen LogP contribution in [-0.2, 0) is 0 Å². The Kier molecular flexibility index (Phi) is 7.25. The summed E-state index contributed by atoms with van der Waals surface area (Å²) in [6.07, 6.45) is 4.11. The molecule has 1 N–H and O–H groups in total. The van der Waals surface area contributed by atoms with Crippen LogP contribution in [0.1, 0.15) is 53.9 Å². The highest BCUT2D eigenvalue weighted by molar-refractivity contribution is 4.78. The van der Waals surface area contributed by atoms with Crippen molar-refractivity contribution < 1.29 is 0 Å². The average Bonchev–Trinajstić information content (AvgIpc) is 2.36. The van der Waals surface area contributed by atoms with Gasteiger partial charge < -0.3 is 10.2 Å². The number of rotatable bonds is 7. The Bertz CT molecular complexity index is 207. The van der Waals surface area contributed by atoms with Gasteiger partial charge >= 0.3 is 0 Å². The van der Waals surface area contributed by atoms with E-state index in [1.54, 1.807) is 0 Å². The van der Waals surface area contributed by atoms with E-state index in [9.17, 15) is 0 Å². The summed E-state index contributed by atoms with van der Waals surface area (Å²) in [7, 11) is 0. The van der Waals surface area contributed by atoms with Gasteiger partial charge in [0.2, 0.25) is 0 Å². The maximum absolute atomic E-state index is 3.58. The van der Waals surface area contributed by atoms with Crippen molar-refractivity contribution in [2.45, 2.75) is 59.9 Å². The fourth-order valence-electron chi connectivity index (χ4n) is 2.86. The molecular formula is C16H34N2. The molecule has 0 aromatic carbocycles. The fourth-order valence-corrected chi connectivity index (χ4v) is 2.86. The van der Waals surface area contributed by atoms with E-state index < -0.39 is 0 Å². The summed E-state index contributed by atoms with van der Waals surface area (Å²) in [6.45, 7) is 16.7. The second kappa shape index (κ2) is 8.16. The van der Waals surface area contributed by atoms with Gasteiger partial charge in [-0.1, -0.05) is 41.0 Å². The molecule has 1 unspecified atom stereocenters. The molecule has 108 valence electrons. The van der Waals surface area contributed by atoms with Gasteiger partial charge in [-0.05, 0) is 50.2 Å². The highest BCUT2D eigenvalue weighted by Gasteiger charge is 2.24. The van der Waals surface area contributed by atoms with E-state index in [0.29, 0.717) is 6.04 Å². The normalized spacial score (nSPS) is 22.3. The van der Waals surface area contributed by atoms with E-state index in [4.69, 9.17) is 0 Å². The van der Waals surface area contributed by atoms with Crippen LogP contribution < -0.4 is 5.32 Å². The van der Waals surface area contributed by atoms with Crippen molar-refractivity contribution >= 4 is 0 Å². The topological polar surface area (TPSA) is 15.3 Å². The zero-order valence-corrected chi connectivity index (χ0v) is 13.2. The number of hydrogen-bond acceptors (Lipinski definition) is 2. The standard InChI is InChI=1S/C16H34N2/c1-6-14(4)12-18-9-7-16(8-10-18)15(5)11-17-13(2)3/h13-17H,6-12H2,1-5H3/t14?,15-/m0/s1. The Morgan fingerprint density at radius 1 is 1.11 bits per heavy atom. The van der Waals surface area contributed by atoms with Crippen LogP contribution in [0, 0.1) is 17.8 Å². The summed E-state index contributed by atoms with van der Waals surface area (Å²) in [5.74, 6) is 2.63. The lowest BCUT2D eigenvalue weighted by molar-refractivity contribution is 0.135. The molecule has 1 fully saturated rings. The Labute approximate surface area is 115 Å². The Morgan fingerprint density at radius 2 is 1.72 bits per heavy atom. The molecule has 2 atom stereocenters. The first-order valence-electron chi connectivity index (χ1n) is 7.98. The summed E-state index contributed by atoms with van der Waals surface area (Å²) in [4.78, 5) is 2.67. The molecule has 0 saturated carbocycles. The third-order valence-corrected chi connectivity index (χ3v) is 4.55. The summed E-state index contributed by atoms with van der Waals surface area (Å²) in [6, 6.07) is 0.623. The Morgan fingerprint density at radius 3 is 2.22 bits per heavy atom. The molecule has 1 heterocycles. The summed E-state index contributed by atoms with van der Waals surface area (Å²) in [5, 5.41) is 3.58. The van der Waals surface area contributed by atoms with Gasteiger partial charge in [-0.25, -0.2) is 0 Å². The second-order valence-electron chi connectivity index (χ2n) is 6.69. The van der Waals surface area contributed by atoms with Gasteiger partial charge in [0.1, 0.15) is 0 Å². The van der Waals surface area contributed by atoms with Crippen molar-refractivity contribution in [3.8, 4) is 0 Å². The molecule has 2 nitrogen and oxygen atoms in total. The lowest BCUT2D eigenvalue weighted by atomic mass is 9.85. The van der Waals surface area contributed by atoms with Crippen molar-refractivity contribution in [2.24, 2.45) is 17.8 Å². The molecule has 0 aliphatic carbocycles. The molecule has 0 amide bonds. The van der Waals surface area contributed by atoms with Crippen LogP contribution in [0.3, 0.4) is 0 Å². The molecule has 18 heavy (non-hydrogen) atoms. The molecule has 0 spiro atoms.